The van der Waals surface area contributed by atoms with Gasteiger partial charge in [-0.05, 0) is 80.5 Å². The number of primary amides is 1. The van der Waals surface area contributed by atoms with Gasteiger partial charge in [-0.15, -0.1) is 0 Å². The van der Waals surface area contributed by atoms with Crippen LogP contribution in [-0.2, 0) is 11.2 Å². The molecule has 2 fully saturated rings. The molecule has 0 radical (unpaired) electrons. The van der Waals surface area contributed by atoms with Crippen molar-refractivity contribution < 1.29 is 14.7 Å². The van der Waals surface area contributed by atoms with Gasteiger partial charge < -0.3 is 20.6 Å². The highest BCUT2D eigenvalue weighted by atomic mass is 79.9. The van der Waals surface area contributed by atoms with Crippen molar-refractivity contribution in [2.75, 3.05) is 31.5 Å². The fourth-order valence-electron chi connectivity index (χ4n) is 6.13. The molecule has 3 rings (SSSR count). The molecule has 2 aliphatic rings. The number of hydrogen-bond donors (Lipinski definition) is 2. The molecule has 0 bridgehead atoms. The molecule has 2 aliphatic heterocycles. The molecular weight excluding hydrogens is 544 g/mol. The van der Waals surface area contributed by atoms with Crippen LogP contribution in [0, 0.1) is 11.8 Å². The van der Waals surface area contributed by atoms with E-state index in [1.54, 1.807) is 11.0 Å². The minimum Gasteiger partial charge on any atom is -0.508 e. The second-order valence-corrected chi connectivity index (χ2v) is 11.4. The molecule has 210 valence electrons. The minimum absolute atomic E-state index is 0.128. The lowest BCUT2D eigenvalue weighted by molar-refractivity contribution is -0.134. The highest BCUT2D eigenvalue weighted by molar-refractivity contribution is 9.09. The van der Waals surface area contributed by atoms with Crippen molar-refractivity contribution >= 4 is 34.1 Å². The van der Waals surface area contributed by atoms with Crippen LogP contribution in [0.3, 0.4) is 0 Å². The number of nitrogens with zero attached hydrogens (tertiary/aromatic N) is 3. The van der Waals surface area contributed by atoms with Gasteiger partial charge in [-0.1, -0.05) is 47.8 Å². The van der Waals surface area contributed by atoms with E-state index in [4.69, 9.17) is 10.7 Å². The van der Waals surface area contributed by atoms with Gasteiger partial charge >= 0.3 is 6.03 Å². The molecule has 0 saturated carbocycles. The Morgan fingerprint density at radius 3 is 2.37 bits per heavy atom. The predicted molar refractivity (Wildman–Crippen MR) is 158 cm³/mol. The molecule has 1 unspecified atom stereocenters. The number of carbonyl (C=O) groups excluding carboxylic acids is 2. The van der Waals surface area contributed by atoms with Crippen molar-refractivity contribution in [3.8, 4) is 5.75 Å². The van der Waals surface area contributed by atoms with Gasteiger partial charge in [0.25, 0.3) is 0 Å². The fraction of sp³-hybridized carbons (Fsp3) is 0.633. The van der Waals surface area contributed by atoms with E-state index in [-0.39, 0.29) is 17.9 Å². The predicted octanol–water partition coefficient (Wildman–Crippen LogP) is 6.00. The van der Waals surface area contributed by atoms with Gasteiger partial charge in [-0.2, -0.15) is 0 Å². The number of piperidine rings is 2. The number of aliphatic imine (C=N–C) groups is 1. The number of benzene rings is 1. The van der Waals surface area contributed by atoms with Crippen molar-refractivity contribution in [2.24, 2.45) is 22.6 Å². The summed E-state index contributed by atoms with van der Waals surface area (Å²) in [6.07, 6.45) is 8.92. The summed E-state index contributed by atoms with van der Waals surface area (Å²) in [6, 6.07) is 5.41. The molecule has 2 heterocycles. The number of rotatable bonds is 10. The van der Waals surface area contributed by atoms with Crippen LogP contribution >= 0.6 is 15.9 Å². The molecule has 8 heteroatoms. The zero-order valence-corrected chi connectivity index (χ0v) is 24.9. The summed E-state index contributed by atoms with van der Waals surface area (Å²) in [5.41, 5.74) is 10.3. The van der Waals surface area contributed by atoms with Gasteiger partial charge in [-0.3, -0.25) is 9.79 Å². The van der Waals surface area contributed by atoms with Crippen LogP contribution in [0.15, 0.2) is 34.5 Å². The number of urea groups is 1. The largest absolute Gasteiger partial charge is 0.508 e. The summed E-state index contributed by atoms with van der Waals surface area (Å²) >= 11 is 3.51. The number of phenolic OH excluding ortho intramolecular Hbond substituents is 1. The van der Waals surface area contributed by atoms with Crippen LogP contribution in [0.25, 0.3) is 0 Å². The molecule has 0 aliphatic carbocycles. The van der Waals surface area contributed by atoms with Crippen LogP contribution in [0.4, 0.5) is 4.79 Å². The maximum atomic E-state index is 13.2. The molecule has 3 N–H and O–H groups in total. The van der Waals surface area contributed by atoms with Gasteiger partial charge in [0.05, 0.1) is 0 Å². The van der Waals surface area contributed by atoms with Gasteiger partial charge in [-0.25, -0.2) is 4.79 Å². The Balaban J connectivity index is 1.78. The van der Waals surface area contributed by atoms with Gasteiger partial charge in [0, 0.05) is 55.8 Å². The minimum atomic E-state index is -0.366. The molecule has 0 aromatic heterocycles. The lowest BCUT2D eigenvalue weighted by Gasteiger charge is -2.38. The molecule has 1 aromatic carbocycles. The van der Waals surface area contributed by atoms with Gasteiger partial charge in [0.15, 0.2) is 0 Å². The first-order chi connectivity index (χ1) is 18.3. The number of aromatic hydroxyl groups is 1. The smallest absolute Gasteiger partial charge is 0.314 e. The Bertz CT molecular complexity index is 1010. The first-order valence-electron chi connectivity index (χ1n) is 14.2. The number of amides is 3. The summed E-state index contributed by atoms with van der Waals surface area (Å²) in [5, 5.41) is 10.9. The van der Waals surface area contributed by atoms with E-state index < -0.39 is 0 Å². The van der Waals surface area contributed by atoms with E-state index in [2.05, 4.69) is 42.8 Å². The quantitative estimate of drug-likeness (QED) is 0.259. The average Bonchev–Trinajstić information content (AvgIpc) is 2.92. The molecule has 2 saturated heterocycles. The first kappa shape index (κ1) is 30.2. The molecule has 3 amide bonds. The van der Waals surface area contributed by atoms with E-state index in [0.29, 0.717) is 42.4 Å². The van der Waals surface area contributed by atoms with Crippen molar-refractivity contribution in [2.45, 2.75) is 78.1 Å². The molecule has 38 heavy (non-hydrogen) atoms. The number of carbonyl (C=O) groups is 2. The Hall–Kier alpha value is -2.35. The van der Waals surface area contributed by atoms with Crippen molar-refractivity contribution in [3.63, 3.8) is 0 Å². The van der Waals surface area contributed by atoms with E-state index in [1.807, 2.05) is 17.2 Å². The van der Waals surface area contributed by atoms with E-state index in [9.17, 15) is 14.7 Å². The molecule has 0 spiro atoms. The number of hydrogen-bond acceptors (Lipinski definition) is 4. The van der Waals surface area contributed by atoms with E-state index in [0.717, 1.165) is 69.3 Å². The average molecular weight is 590 g/mol. The molecule has 1 atom stereocenters. The number of halogens is 1. The second-order valence-electron chi connectivity index (χ2n) is 10.8. The number of aryl methyl sites for hydroxylation is 1. The second kappa shape index (κ2) is 14.7. The fourth-order valence-corrected chi connectivity index (χ4v) is 6.28. The van der Waals surface area contributed by atoms with E-state index >= 15 is 0 Å². The summed E-state index contributed by atoms with van der Waals surface area (Å²) < 4.78 is 0. The van der Waals surface area contributed by atoms with Crippen LogP contribution in [0.1, 0.15) is 82.8 Å². The SMILES string of the molecule is CCC/C(C)=C(/N=CCBr)C(c1ccc(O)cc1CC)C1CCN(C(=O)CC2CCN(C(N)=O)CC2)CC1. The normalized spacial score (nSPS) is 19.1. The summed E-state index contributed by atoms with van der Waals surface area (Å²) in [5.74, 6) is 1.33. The molecule has 1 aromatic rings. The zero-order valence-electron chi connectivity index (χ0n) is 23.3. The Kier molecular flexibility index (Phi) is 11.7. The first-order valence-corrected chi connectivity index (χ1v) is 15.3. The maximum Gasteiger partial charge on any atom is 0.314 e. The van der Waals surface area contributed by atoms with Crippen molar-refractivity contribution in [3.05, 3.63) is 40.6 Å². The monoisotopic (exact) mass is 588 g/mol. The van der Waals surface area contributed by atoms with Crippen LogP contribution in [-0.4, -0.2) is 64.6 Å². The van der Waals surface area contributed by atoms with E-state index in [1.165, 1.54) is 11.1 Å². The lowest BCUT2D eigenvalue weighted by atomic mass is 9.75. The summed E-state index contributed by atoms with van der Waals surface area (Å²) in [4.78, 5) is 33.3. The third-order valence-electron chi connectivity index (χ3n) is 8.25. The Morgan fingerprint density at radius 2 is 1.79 bits per heavy atom. The third kappa shape index (κ3) is 7.84. The highest BCUT2D eigenvalue weighted by Crippen LogP contribution is 2.43. The van der Waals surface area contributed by atoms with Crippen molar-refractivity contribution in [1.82, 2.24) is 9.80 Å². The molecular formula is C30H45BrN4O3. The van der Waals surface area contributed by atoms with Crippen molar-refractivity contribution in [1.29, 1.82) is 0 Å². The standard InChI is InChI=1S/C30H45BrN4O3/c1-4-6-21(3)29(33-14-13-31)28(26-8-7-25(36)20-23(26)5-2)24-11-17-34(18-12-24)27(37)19-22-9-15-35(16-10-22)30(32)38/h7-8,14,20,22,24,28,36H,4-6,9-13,15-19H2,1-3H3,(H2,32,38)/b29-21+,33-14?. The number of phenols is 1. The Labute approximate surface area is 236 Å². The number of alkyl halides is 1. The highest BCUT2D eigenvalue weighted by Gasteiger charge is 2.34. The van der Waals surface area contributed by atoms with Gasteiger partial charge in [0.1, 0.15) is 5.75 Å². The lowest BCUT2D eigenvalue weighted by Crippen LogP contribution is -2.44. The third-order valence-corrected chi connectivity index (χ3v) is 8.54. The van der Waals surface area contributed by atoms with Gasteiger partial charge in [0.2, 0.25) is 5.91 Å². The zero-order chi connectivity index (χ0) is 27.7. The molecule has 7 nitrogen and oxygen atoms in total. The number of allylic oxidation sites excluding steroid dienone is 2. The maximum absolute atomic E-state index is 13.2. The van der Waals surface area contributed by atoms with Crippen LogP contribution in [0.2, 0.25) is 0 Å². The number of likely N-dealkylation sites (tertiary alicyclic amines) is 2. The summed E-state index contributed by atoms with van der Waals surface area (Å²) in [6.45, 7) is 9.32. The Morgan fingerprint density at radius 1 is 1.13 bits per heavy atom. The topological polar surface area (TPSA) is 99.2 Å². The summed E-state index contributed by atoms with van der Waals surface area (Å²) in [7, 11) is 0. The number of nitrogens with two attached hydrogens (primary N) is 1. The van der Waals surface area contributed by atoms with Crippen LogP contribution < -0.4 is 5.73 Å². The van der Waals surface area contributed by atoms with Crippen LogP contribution in [0.5, 0.6) is 5.75 Å².